The van der Waals surface area contributed by atoms with Crippen LogP contribution in [-0.2, 0) is 4.74 Å². The molecular weight excluding hydrogens is 277 g/mol. The fourth-order valence-corrected chi connectivity index (χ4v) is 1.82. The van der Waals surface area contributed by atoms with E-state index >= 15 is 0 Å². The first-order chi connectivity index (χ1) is 9.49. The highest BCUT2D eigenvalue weighted by atomic mass is 19.4. The number of pyridine rings is 1. The monoisotopic (exact) mass is 292 g/mol. The minimum absolute atomic E-state index is 0.0791. The molecule has 0 unspecified atom stereocenters. The second-order valence-electron chi connectivity index (χ2n) is 4.18. The summed E-state index contributed by atoms with van der Waals surface area (Å²) in [4.78, 5) is 5.99. The predicted octanol–water partition coefficient (Wildman–Crippen LogP) is 1.87. The van der Waals surface area contributed by atoms with Crippen LogP contribution in [0.15, 0.2) is 12.1 Å². The van der Waals surface area contributed by atoms with E-state index in [-0.39, 0.29) is 5.88 Å². The molecule has 0 amide bonds. The fraction of sp³-hybridized carbons (Fsp3) is 0.583. The van der Waals surface area contributed by atoms with Gasteiger partial charge in [0, 0.05) is 19.2 Å². The molecule has 1 aliphatic rings. The Morgan fingerprint density at radius 2 is 2.00 bits per heavy atom. The van der Waals surface area contributed by atoms with Gasteiger partial charge in [-0.3, -0.25) is 0 Å². The van der Waals surface area contributed by atoms with Crippen LogP contribution in [0.4, 0.5) is 19.0 Å². The molecule has 1 aromatic rings. The Labute approximate surface area is 114 Å². The molecule has 5 nitrogen and oxygen atoms in total. The van der Waals surface area contributed by atoms with Gasteiger partial charge in [-0.2, -0.15) is 18.2 Å². The summed E-state index contributed by atoms with van der Waals surface area (Å²) in [7, 11) is 1.48. The Morgan fingerprint density at radius 1 is 1.30 bits per heavy atom. The van der Waals surface area contributed by atoms with Crippen molar-refractivity contribution in [3.05, 3.63) is 12.1 Å². The van der Waals surface area contributed by atoms with Crippen LogP contribution in [0.2, 0.25) is 0 Å². The lowest BCUT2D eigenvalue weighted by atomic mass is 10.3. The highest BCUT2D eigenvalue weighted by Gasteiger charge is 2.29. The van der Waals surface area contributed by atoms with Crippen molar-refractivity contribution in [1.29, 1.82) is 0 Å². The Kier molecular flexibility index (Phi) is 4.53. The average Bonchev–Trinajstić information content (AvgIpc) is 2.45. The number of morpholine rings is 1. The molecule has 0 radical (unpaired) electrons. The number of rotatable bonds is 4. The average molecular weight is 292 g/mol. The molecule has 1 aliphatic heterocycles. The number of aromatic nitrogens is 1. The SMILES string of the molecule is COc1ccc(OCC(F)(F)F)nc1N1CCOCC1. The van der Waals surface area contributed by atoms with Crippen LogP contribution in [0.5, 0.6) is 11.6 Å². The Bertz CT molecular complexity index is 448. The third-order valence-electron chi connectivity index (χ3n) is 2.73. The molecule has 1 aromatic heterocycles. The first-order valence-corrected chi connectivity index (χ1v) is 6.07. The standard InChI is InChI=1S/C12H15F3N2O3/c1-18-9-2-3-10(20-8-12(13,14)15)16-11(9)17-4-6-19-7-5-17/h2-3H,4-8H2,1H3. The number of anilines is 1. The Morgan fingerprint density at radius 3 is 2.60 bits per heavy atom. The third kappa shape index (κ3) is 3.89. The first-order valence-electron chi connectivity index (χ1n) is 6.07. The van der Waals surface area contributed by atoms with E-state index in [1.54, 1.807) is 6.07 Å². The van der Waals surface area contributed by atoms with Gasteiger partial charge in [-0.05, 0) is 6.07 Å². The minimum Gasteiger partial charge on any atom is -0.493 e. The fourth-order valence-electron chi connectivity index (χ4n) is 1.82. The van der Waals surface area contributed by atoms with E-state index in [2.05, 4.69) is 9.72 Å². The molecule has 20 heavy (non-hydrogen) atoms. The zero-order valence-electron chi connectivity index (χ0n) is 10.9. The number of hydrogen-bond acceptors (Lipinski definition) is 5. The summed E-state index contributed by atoms with van der Waals surface area (Å²) in [5.74, 6) is 0.881. The highest BCUT2D eigenvalue weighted by molar-refractivity contribution is 5.54. The normalized spacial score (nSPS) is 16.1. The second-order valence-corrected chi connectivity index (χ2v) is 4.18. The Balaban J connectivity index is 2.15. The van der Waals surface area contributed by atoms with Crippen molar-refractivity contribution in [3.8, 4) is 11.6 Å². The van der Waals surface area contributed by atoms with E-state index in [0.717, 1.165) is 0 Å². The molecule has 0 bridgehead atoms. The molecule has 1 fully saturated rings. The number of nitrogens with zero attached hydrogens (tertiary/aromatic N) is 2. The van der Waals surface area contributed by atoms with Crippen molar-refractivity contribution in [2.45, 2.75) is 6.18 Å². The summed E-state index contributed by atoms with van der Waals surface area (Å²) in [6.07, 6.45) is -4.39. The molecule has 1 saturated heterocycles. The van der Waals surface area contributed by atoms with Gasteiger partial charge in [0.05, 0.1) is 20.3 Å². The summed E-state index contributed by atoms with van der Waals surface area (Å²) < 4.78 is 51.5. The van der Waals surface area contributed by atoms with Crippen molar-refractivity contribution >= 4 is 5.82 Å². The molecular formula is C12H15F3N2O3. The number of methoxy groups -OCH3 is 1. The lowest BCUT2D eigenvalue weighted by Crippen LogP contribution is -2.37. The largest absolute Gasteiger partial charge is 0.493 e. The van der Waals surface area contributed by atoms with Gasteiger partial charge >= 0.3 is 6.18 Å². The third-order valence-corrected chi connectivity index (χ3v) is 2.73. The van der Waals surface area contributed by atoms with Gasteiger partial charge in [0.1, 0.15) is 0 Å². The molecule has 0 spiro atoms. The van der Waals surface area contributed by atoms with Gasteiger partial charge < -0.3 is 19.1 Å². The van der Waals surface area contributed by atoms with E-state index in [4.69, 9.17) is 9.47 Å². The van der Waals surface area contributed by atoms with Gasteiger partial charge in [-0.1, -0.05) is 0 Å². The van der Waals surface area contributed by atoms with Crippen molar-refractivity contribution in [1.82, 2.24) is 4.98 Å². The van der Waals surface area contributed by atoms with Gasteiger partial charge in [0.2, 0.25) is 5.88 Å². The zero-order valence-corrected chi connectivity index (χ0v) is 10.9. The molecule has 112 valence electrons. The topological polar surface area (TPSA) is 43.8 Å². The molecule has 2 rings (SSSR count). The molecule has 0 aromatic carbocycles. The zero-order chi connectivity index (χ0) is 14.6. The van der Waals surface area contributed by atoms with Crippen LogP contribution in [-0.4, -0.2) is 51.2 Å². The maximum Gasteiger partial charge on any atom is 0.422 e. The number of hydrogen-bond donors (Lipinski definition) is 0. The van der Waals surface area contributed by atoms with Crippen LogP contribution in [0.3, 0.4) is 0 Å². The summed E-state index contributed by atoms with van der Waals surface area (Å²) in [5.41, 5.74) is 0. The minimum atomic E-state index is -4.39. The van der Waals surface area contributed by atoms with Gasteiger partial charge in [0.15, 0.2) is 18.2 Å². The van der Waals surface area contributed by atoms with E-state index in [0.29, 0.717) is 37.9 Å². The van der Waals surface area contributed by atoms with Crippen molar-refractivity contribution in [2.24, 2.45) is 0 Å². The van der Waals surface area contributed by atoms with Crippen molar-refractivity contribution in [2.75, 3.05) is 44.9 Å². The summed E-state index contributed by atoms with van der Waals surface area (Å²) >= 11 is 0. The van der Waals surface area contributed by atoms with Crippen LogP contribution >= 0.6 is 0 Å². The van der Waals surface area contributed by atoms with Crippen molar-refractivity contribution in [3.63, 3.8) is 0 Å². The first kappa shape index (κ1) is 14.7. The number of alkyl halides is 3. The number of halogens is 3. The molecule has 0 N–H and O–H groups in total. The van der Waals surface area contributed by atoms with E-state index in [1.165, 1.54) is 13.2 Å². The van der Waals surface area contributed by atoms with Crippen LogP contribution < -0.4 is 14.4 Å². The molecule has 2 heterocycles. The maximum atomic E-state index is 12.1. The van der Waals surface area contributed by atoms with E-state index in [1.807, 2.05) is 4.90 Å². The predicted molar refractivity (Wildman–Crippen MR) is 65.4 cm³/mol. The summed E-state index contributed by atoms with van der Waals surface area (Å²) in [6, 6.07) is 2.90. The van der Waals surface area contributed by atoms with Crippen LogP contribution in [0.1, 0.15) is 0 Å². The lowest BCUT2D eigenvalue weighted by Gasteiger charge is -2.29. The lowest BCUT2D eigenvalue weighted by molar-refractivity contribution is -0.154. The summed E-state index contributed by atoms with van der Waals surface area (Å²) in [6.45, 7) is 0.921. The second kappa shape index (κ2) is 6.17. The van der Waals surface area contributed by atoms with Crippen molar-refractivity contribution < 1.29 is 27.4 Å². The summed E-state index contributed by atoms with van der Waals surface area (Å²) in [5, 5.41) is 0. The van der Waals surface area contributed by atoms with Gasteiger partial charge in [0.25, 0.3) is 0 Å². The van der Waals surface area contributed by atoms with E-state index < -0.39 is 12.8 Å². The van der Waals surface area contributed by atoms with Crippen LogP contribution in [0, 0.1) is 0 Å². The van der Waals surface area contributed by atoms with Gasteiger partial charge in [-0.25, -0.2) is 0 Å². The van der Waals surface area contributed by atoms with Crippen LogP contribution in [0.25, 0.3) is 0 Å². The van der Waals surface area contributed by atoms with E-state index in [9.17, 15) is 13.2 Å². The molecule has 0 aliphatic carbocycles. The number of ether oxygens (including phenoxy) is 3. The Hall–Kier alpha value is -1.70. The molecule has 8 heteroatoms. The highest BCUT2D eigenvalue weighted by Crippen LogP contribution is 2.29. The molecule has 0 atom stereocenters. The van der Waals surface area contributed by atoms with Gasteiger partial charge in [-0.15, -0.1) is 0 Å². The molecule has 0 saturated carbocycles. The smallest absolute Gasteiger partial charge is 0.422 e. The maximum absolute atomic E-state index is 12.1. The quantitative estimate of drug-likeness (QED) is 0.847.